The number of rotatable bonds is 19. The van der Waals surface area contributed by atoms with Gasteiger partial charge in [-0.25, -0.2) is 0 Å². The van der Waals surface area contributed by atoms with Crippen LogP contribution in [0.4, 0.5) is 0 Å². The molecule has 13 heteroatoms. The highest BCUT2D eigenvalue weighted by molar-refractivity contribution is 5.94. The minimum atomic E-state index is -1.07. The number of unbranched alkanes of at least 4 members (excludes halogenated alkanes) is 1. The number of carbonyl (C=O) groups excluding carboxylic acids is 4. The van der Waals surface area contributed by atoms with Gasteiger partial charge in [0, 0.05) is 13.0 Å². The zero-order valence-electron chi connectivity index (χ0n) is 25.3. The first-order valence-corrected chi connectivity index (χ1v) is 14.8. The maximum absolute atomic E-state index is 13.7. The minimum Gasteiger partial charge on any atom is -0.370 e. The zero-order valence-corrected chi connectivity index (χ0v) is 25.3. The summed E-state index contributed by atoms with van der Waals surface area (Å²) in [4.78, 5) is 56.3. The Kier molecular flexibility index (Phi) is 15.4. The Labute approximate surface area is 258 Å². The molecule has 0 saturated carbocycles. The summed E-state index contributed by atoms with van der Waals surface area (Å²) < 4.78 is 0. The lowest BCUT2D eigenvalue weighted by Crippen LogP contribution is -2.58. The van der Waals surface area contributed by atoms with Gasteiger partial charge in [-0.15, -0.1) is 0 Å². The lowest BCUT2D eigenvalue weighted by Gasteiger charge is -2.26. The van der Waals surface area contributed by atoms with Crippen LogP contribution in [0.1, 0.15) is 48.8 Å². The molecule has 0 unspecified atom stereocenters. The second-order valence-electron chi connectivity index (χ2n) is 10.7. The summed E-state index contributed by atoms with van der Waals surface area (Å²) in [5, 5.41) is 8.21. The number of hydrogen-bond donors (Lipinski definition) is 8. The third kappa shape index (κ3) is 12.8. The van der Waals surface area contributed by atoms with Crippen LogP contribution in [-0.2, 0) is 32.0 Å². The van der Waals surface area contributed by atoms with Gasteiger partial charge in [0.2, 0.25) is 23.6 Å². The summed E-state index contributed by atoms with van der Waals surface area (Å²) in [7, 11) is 0. The van der Waals surface area contributed by atoms with Crippen molar-refractivity contribution in [2.45, 2.75) is 76.0 Å². The quantitative estimate of drug-likeness (QED) is 0.0569. The number of amides is 4. The van der Waals surface area contributed by atoms with Crippen molar-refractivity contribution in [3.05, 3.63) is 71.3 Å². The predicted molar refractivity (Wildman–Crippen MR) is 171 cm³/mol. The molecule has 240 valence electrons. The van der Waals surface area contributed by atoms with Crippen molar-refractivity contribution in [1.82, 2.24) is 16.0 Å². The van der Waals surface area contributed by atoms with E-state index in [2.05, 4.69) is 20.9 Å². The molecule has 13 nitrogen and oxygen atoms in total. The molecule has 4 atom stereocenters. The van der Waals surface area contributed by atoms with Gasteiger partial charge in [0.15, 0.2) is 5.96 Å². The largest absolute Gasteiger partial charge is 0.370 e. The summed E-state index contributed by atoms with van der Waals surface area (Å²) in [5.41, 5.74) is 30.8. The number of nitrogens with two attached hydrogens (primary N) is 5. The van der Waals surface area contributed by atoms with Gasteiger partial charge in [-0.1, -0.05) is 54.6 Å². The molecular weight excluding hydrogens is 562 g/mol. The van der Waals surface area contributed by atoms with Crippen molar-refractivity contribution in [2.75, 3.05) is 13.1 Å². The molecule has 0 heterocycles. The molecule has 2 rings (SSSR count). The average molecular weight is 610 g/mol. The molecule has 2 aromatic rings. The number of aryl methyl sites for hydroxylation is 1. The van der Waals surface area contributed by atoms with E-state index in [0.717, 1.165) is 16.7 Å². The van der Waals surface area contributed by atoms with E-state index in [-0.39, 0.29) is 31.8 Å². The lowest BCUT2D eigenvalue weighted by atomic mass is 9.99. The monoisotopic (exact) mass is 609 g/mol. The van der Waals surface area contributed by atoms with Crippen LogP contribution in [0.15, 0.2) is 59.6 Å². The van der Waals surface area contributed by atoms with Gasteiger partial charge in [0.1, 0.15) is 18.1 Å². The molecular formula is C31H47N9O4. The molecule has 13 N–H and O–H groups in total. The number of guanidine groups is 1. The highest BCUT2D eigenvalue weighted by atomic mass is 16.2. The fourth-order valence-corrected chi connectivity index (χ4v) is 4.60. The number of nitrogens with one attached hydrogen (secondary N) is 3. The molecule has 0 radical (unpaired) electrons. The van der Waals surface area contributed by atoms with Crippen molar-refractivity contribution in [3.63, 3.8) is 0 Å². The molecule has 0 saturated heterocycles. The topological polar surface area (TPSA) is 247 Å². The Bertz CT molecular complexity index is 1250. The smallest absolute Gasteiger partial charge is 0.243 e. The van der Waals surface area contributed by atoms with Crippen LogP contribution in [0.2, 0.25) is 0 Å². The van der Waals surface area contributed by atoms with Crippen LogP contribution in [0, 0.1) is 6.92 Å². The average Bonchev–Trinajstić information content (AvgIpc) is 2.98. The van der Waals surface area contributed by atoms with E-state index >= 15 is 0 Å². The Morgan fingerprint density at radius 3 is 1.95 bits per heavy atom. The number of hydrogen-bond acceptors (Lipinski definition) is 7. The molecule has 0 aliphatic rings. The van der Waals surface area contributed by atoms with Crippen LogP contribution in [0.3, 0.4) is 0 Å². The van der Waals surface area contributed by atoms with E-state index in [1.54, 1.807) is 0 Å². The second-order valence-corrected chi connectivity index (χ2v) is 10.7. The van der Waals surface area contributed by atoms with Gasteiger partial charge >= 0.3 is 0 Å². The number of primary amides is 1. The fourth-order valence-electron chi connectivity index (χ4n) is 4.60. The molecule has 0 aromatic heterocycles. The van der Waals surface area contributed by atoms with E-state index in [0.29, 0.717) is 32.2 Å². The highest BCUT2D eigenvalue weighted by Crippen LogP contribution is 2.12. The first-order valence-electron chi connectivity index (χ1n) is 14.8. The molecule has 0 aliphatic carbocycles. The predicted octanol–water partition coefficient (Wildman–Crippen LogP) is -0.770. The van der Waals surface area contributed by atoms with Crippen LogP contribution >= 0.6 is 0 Å². The second kappa shape index (κ2) is 18.9. The van der Waals surface area contributed by atoms with E-state index in [1.165, 1.54) is 0 Å². The first kappa shape index (κ1) is 35.7. The summed E-state index contributed by atoms with van der Waals surface area (Å²) in [6, 6.07) is 12.8. The standard InChI is InChI=1S/C31H47N9O4/c1-20-10-5-6-13-22(20)19-26(30(44)38-24(27(34)41)14-7-8-16-32)40-29(43)25(15-9-17-37-31(35)36)39-28(42)23(33)18-21-11-3-2-4-12-21/h2-6,10-13,23-26H,7-9,14-19,32-33H2,1H3,(H2,34,41)(H,38,44)(H,39,42)(H,40,43)(H4,35,36,37)/t23-,24-,25+,26-/m0/s1. The highest BCUT2D eigenvalue weighted by Gasteiger charge is 2.30. The van der Waals surface area contributed by atoms with E-state index in [1.807, 2.05) is 61.5 Å². The van der Waals surface area contributed by atoms with Gasteiger partial charge in [0.25, 0.3) is 0 Å². The van der Waals surface area contributed by atoms with Gasteiger partial charge in [-0.2, -0.15) is 0 Å². The number of benzene rings is 2. The number of carbonyl (C=O) groups is 4. The van der Waals surface area contributed by atoms with Crippen LogP contribution < -0.4 is 44.6 Å². The summed E-state index contributed by atoms with van der Waals surface area (Å²) in [5.74, 6) is -2.48. The minimum absolute atomic E-state index is 0.0923. The third-order valence-corrected chi connectivity index (χ3v) is 7.14. The molecule has 2 aromatic carbocycles. The first-order chi connectivity index (χ1) is 21.0. The molecule has 0 spiro atoms. The van der Waals surface area contributed by atoms with Crippen molar-refractivity contribution < 1.29 is 19.2 Å². The maximum Gasteiger partial charge on any atom is 0.243 e. The Balaban J connectivity index is 2.26. The molecule has 44 heavy (non-hydrogen) atoms. The molecule has 0 bridgehead atoms. The van der Waals surface area contributed by atoms with Gasteiger partial charge in [-0.05, 0) is 68.7 Å². The van der Waals surface area contributed by atoms with Crippen molar-refractivity contribution >= 4 is 29.6 Å². The normalized spacial score (nSPS) is 13.5. The van der Waals surface area contributed by atoms with E-state index in [4.69, 9.17) is 28.7 Å². The lowest BCUT2D eigenvalue weighted by molar-refractivity contribution is -0.133. The van der Waals surface area contributed by atoms with E-state index < -0.39 is 47.8 Å². The maximum atomic E-state index is 13.7. The van der Waals surface area contributed by atoms with Crippen LogP contribution in [0.25, 0.3) is 0 Å². The molecule has 4 amide bonds. The Morgan fingerprint density at radius 1 is 0.727 bits per heavy atom. The van der Waals surface area contributed by atoms with E-state index in [9.17, 15) is 19.2 Å². The Morgan fingerprint density at radius 2 is 1.32 bits per heavy atom. The van der Waals surface area contributed by atoms with Crippen molar-refractivity contribution in [3.8, 4) is 0 Å². The van der Waals surface area contributed by atoms with Crippen molar-refractivity contribution in [2.24, 2.45) is 33.7 Å². The van der Waals surface area contributed by atoms with Crippen LogP contribution in [0.5, 0.6) is 0 Å². The zero-order chi connectivity index (χ0) is 32.5. The van der Waals surface area contributed by atoms with Gasteiger partial charge in [-0.3, -0.25) is 24.2 Å². The van der Waals surface area contributed by atoms with Crippen molar-refractivity contribution in [1.29, 1.82) is 0 Å². The SMILES string of the molecule is Cc1ccccc1C[C@H](NC(=O)[C@@H](CCCN=C(N)N)NC(=O)[C@@H](N)Cc1ccccc1)C(=O)N[C@@H](CCCCN)C(N)=O. The summed E-state index contributed by atoms with van der Waals surface area (Å²) >= 11 is 0. The Hall–Kier alpha value is -4.49. The van der Waals surface area contributed by atoms with Gasteiger partial charge in [0.05, 0.1) is 6.04 Å². The number of aliphatic imine (C=N–C) groups is 1. The molecule has 0 aliphatic heterocycles. The molecule has 0 fully saturated rings. The summed E-state index contributed by atoms with van der Waals surface area (Å²) in [6.45, 7) is 2.57. The third-order valence-electron chi connectivity index (χ3n) is 7.14. The summed E-state index contributed by atoms with van der Waals surface area (Å²) in [6.07, 6.45) is 2.51. The number of nitrogens with zero attached hydrogens (tertiary/aromatic N) is 1. The van der Waals surface area contributed by atoms with Crippen LogP contribution in [-0.4, -0.2) is 66.8 Å². The fraction of sp³-hybridized carbons (Fsp3) is 0.452. The van der Waals surface area contributed by atoms with Gasteiger partial charge < -0.3 is 44.6 Å².